The molecule has 5 rings (SSSR count). The molecule has 36 heavy (non-hydrogen) atoms. The number of halogens is 1. The van der Waals surface area contributed by atoms with Gasteiger partial charge in [-0.2, -0.15) is 0 Å². The molecule has 5 nitrogen and oxygen atoms in total. The minimum absolute atomic E-state index is 0.271. The lowest BCUT2D eigenvalue weighted by molar-refractivity contribution is 0.142. The Balaban J connectivity index is 1.34. The zero-order valence-corrected chi connectivity index (χ0v) is 20.4. The van der Waals surface area contributed by atoms with Crippen molar-refractivity contribution in [3.63, 3.8) is 0 Å². The molecule has 0 saturated heterocycles. The fourth-order valence-electron chi connectivity index (χ4n) is 4.66. The van der Waals surface area contributed by atoms with Crippen molar-refractivity contribution in [2.75, 3.05) is 6.61 Å². The fraction of sp³-hybridized carbons (Fsp3) is 0.167. The number of hydrogen-bond donors (Lipinski definition) is 2. The van der Waals surface area contributed by atoms with Crippen LogP contribution in [0.1, 0.15) is 23.1 Å². The predicted octanol–water partition coefficient (Wildman–Crippen LogP) is 7.83. The summed E-state index contributed by atoms with van der Waals surface area (Å²) in [6.07, 6.45) is 1.52. The van der Waals surface area contributed by atoms with Gasteiger partial charge in [0.05, 0.1) is 12.1 Å². The van der Waals surface area contributed by atoms with E-state index < -0.39 is 6.16 Å². The number of hydrogen-bond acceptors (Lipinski definition) is 3. The minimum Gasteiger partial charge on any atom is -0.493 e. The molecule has 0 aliphatic carbocycles. The Morgan fingerprint density at radius 2 is 1.50 bits per heavy atom. The van der Waals surface area contributed by atoms with Crippen LogP contribution in [0.5, 0.6) is 11.6 Å². The van der Waals surface area contributed by atoms with Gasteiger partial charge in [-0.15, -0.1) is 0 Å². The second kappa shape index (κ2) is 10.8. The first kappa shape index (κ1) is 23.8. The Kier molecular flexibility index (Phi) is 7.10. The van der Waals surface area contributed by atoms with Crippen molar-refractivity contribution in [1.29, 1.82) is 0 Å². The summed E-state index contributed by atoms with van der Waals surface area (Å²) in [4.78, 5) is 14.6. The summed E-state index contributed by atoms with van der Waals surface area (Å²) in [6.45, 7) is 0.499. The molecule has 0 bridgehead atoms. The Morgan fingerprint density at radius 1 is 0.806 bits per heavy atom. The van der Waals surface area contributed by atoms with Crippen LogP contribution in [0.3, 0.4) is 0 Å². The quantitative estimate of drug-likeness (QED) is 0.160. The lowest BCUT2D eigenvalue weighted by Crippen LogP contribution is -2.06. The number of aromatic amines is 1. The minimum atomic E-state index is -1.34. The molecule has 0 unspecified atom stereocenters. The van der Waals surface area contributed by atoms with Gasteiger partial charge in [0.25, 0.3) is 0 Å². The Morgan fingerprint density at radius 3 is 2.36 bits per heavy atom. The van der Waals surface area contributed by atoms with Gasteiger partial charge in [0.2, 0.25) is 5.88 Å². The summed E-state index contributed by atoms with van der Waals surface area (Å²) in [5, 5.41) is 13.2. The van der Waals surface area contributed by atoms with E-state index in [1.54, 1.807) is 0 Å². The van der Waals surface area contributed by atoms with Gasteiger partial charge in [0.15, 0.2) is 0 Å². The summed E-state index contributed by atoms with van der Waals surface area (Å²) in [6, 6.07) is 28.0. The van der Waals surface area contributed by atoms with Crippen molar-refractivity contribution in [2.45, 2.75) is 25.7 Å². The van der Waals surface area contributed by atoms with E-state index >= 15 is 0 Å². The summed E-state index contributed by atoms with van der Waals surface area (Å²) in [5.74, 6) is 1.11. The number of aryl methyl sites for hydroxylation is 3. The molecule has 0 amide bonds. The van der Waals surface area contributed by atoms with Gasteiger partial charge in [-0.3, -0.25) is 0 Å². The smallest absolute Gasteiger partial charge is 0.493 e. The van der Waals surface area contributed by atoms with E-state index in [2.05, 4.69) is 17.1 Å². The van der Waals surface area contributed by atoms with Gasteiger partial charge >= 0.3 is 6.16 Å². The second-order valence-electron chi connectivity index (χ2n) is 8.66. The van der Waals surface area contributed by atoms with Gasteiger partial charge in [-0.05, 0) is 54.3 Å². The Bertz CT molecular complexity index is 1520. The molecule has 1 aromatic heterocycles. The lowest BCUT2D eigenvalue weighted by Gasteiger charge is -2.10. The maximum absolute atomic E-state index is 11.4. The van der Waals surface area contributed by atoms with E-state index in [4.69, 9.17) is 21.1 Å². The molecule has 182 valence electrons. The maximum Gasteiger partial charge on any atom is 0.512 e. The van der Waals surface area contributed by atoms with E-state index in [1.807, 2.05) is 72.8 Å². The largest absolute Gasteiger partial charge is 0.512 e. The first-order chi connectivity index (χ1) is 17.6. The van der Waals surface area contributed by atoms with Crippen LogP contribution in [0.2, 0.25) is 5.02 Å². The molecule has 0 spiro atoms. The van der Waals surface area contributed by atoms with Crippen molar-refractivity contribution in [2.24, 2.45) is 0 Å². The van der Waals surface area contributed by atoms with Gasteiger partial charge in [0, 0.05) is 21.4 Å². The molecule has 0 fully saturated rings. The summed E-state index contributed by atoms with van der Waals surface area (Å²) in [7, 11) is 0. The molecule has 0 aliphatic rings. The van der Waals surface area contributed by atoms with Gasteiger partial charge in [0.1, 0.15) is 5.75 Å². The number of aromatic nitrogens is 1. The first-order valence-electron chi connectivity index (χ1n) is 12.0. The van der Waals surface area contributed by atoms with Crippen LogP contribution in [-0.2, 0) is 19.3 Å². The fourth-order valence-corrected chi connectivity index (χ4v) is 4.89. The average Bonchev–Trinajstić information content (AvgIpc) is 3.23. The van der Waals surface area contributed by atoms with Crippen LogP contribution in [0.15, 0.2) is 84.9 Å². The average molecular weight is 500 g/mol. The second-order valence-corrected chi connectivity index (χ2v) is 9.07. The van der Waals surface area contributed by atoms with E-state index in [0.717, 1.165) is 62.0 Å². The summed E-state index contributed by atoms with van der Waals surface area (Å²) in [5.41, 5.74) is 3.90. The molecule has 1 heterocycles. The zero-order chi connectivity index (χ0) is 24.9. The molecule has 0 radical (unpaired) electrons. The van der Waals surface area contributed by atoms with Crippen LogP contribution < -0.4 is 9.47 Å². The van der Waals surface area contributed by atoms with Gasteiger partial charge in [-0.1, -0.05) is 84.4 Å². The zero-order valence-electron chi connectivity index (χ0n) is 19.7. The SMILES string of the molecule is O=C(O)Oc1[nH]c2c(CCc3ccccc3Cl)cccc2c1CCCOc1cccc2ccccc12. The number of ether oxygens (including phenoxy) is 2. The molecular weight excluding hydrogens is 474 g/mol. The molecule has 6 heteroatoms. The number of para-hydroxylation sites is 1. The molecular formula is C30H26ClNO4. The number of rotatable bonds is 9. The molecule has 5 aromatic rings. The van der Waals surface area contributed by atoms with Crippen LogP contribution >= 0.6 is 11.6 Å². The predicted molar refractivity (Wildman–Crippen MR) is 144 cm³/mol. The van der Waals surface area contributed by atoms with Crippen molar-refractivity contribution in [3.05, 3.63) is 107 Å². The van der Waals surface area contributed by atoms with Crippen molar-refractivity contribution < 1.29 is 19.4 Å². The molecule has 0 saturated carbocycles. The van der Waals surface area contributed by atoms with Crippen molar-refractivity contribution in [1.82, 2.24) is 4.98 Å². The van der Waals surface area contributed by atoms with E-state index in [9.17, 15) is 9.90 Å². The highest BCUT2D eigenvalue weighted by Gasteiger charge is 2.17. The van der Waals surface area contributed by atoms with Crippen molar-refractivity contribution in [3.8, 4) is 11.6 Å². The summed E-state index contributed by atoms with van der Waals surface area (Å²) >= 11 is 6.34. The maximum atomic E-state index is 11.4. The third-order valence-corrected chi connectivity index (χ3v) is 6.75. The number of benzene rings is 4. The van der Waals surface area contributed by atoms with Gasteiger partial charge in [-0.25, -0.2) is 4.79 Å². The van der Waals surface area contributed by atoms with Crippen LogP contribution in [0.25, 0.3) is 21.7 Å². The molecule has 0 atom stereocenters. The van der Waals surface area contributed by atoms with E-state index in [1.165, 1.54) is 0 Å². The van der Waals surface area contributed by atoms with E-state index in [0.29, 0.717) is 19.4 Å². The van der Waals surface area contributed by atoms with Crippen LogP contribution in [-0.4, -0.2) is 22.9 Å². The third-order valence-electron chi connectivity index (χ3n) is 6.38. The number of carboxylic acid groups (broad SMARTS) is 1. The standard InChI is InChI=1S/C30H26ClNO4/c31-26-15-4-2-9-21(26)17-18-22-11-5-13-24-25(29(32-28(22)24)36-30(33)34)14-7-19-35-27-16-6-10-20-8-1-3-12-23(20)27/h1-6,8-13,15-16,32H,7,14,17-19H2,(H,33,34). The first-order valence-corrected chi connectivity index (χ1v) is 12.3. The summed E-state index contributed by atoms with van der Waals surface area (Å²) < 4.78 is 11.2. The van der Waals surface area contributed by atoms with Crippen LogP contribution in [0, 0.1) is 0 Å². The number of carbonyl (C=O) groups is 1. The third kappa shape index (κ3) is 5.16. The molecule has 4 aromatic carbocycles. The highest BCUT2D eigenvalue weighted by molar-refractivity contribution is 6.31. The normalized spacial score (nSPS) is 11.1. The number of nitrogens with one attached hydrogen (secondary N) is 1. The monoisotopic (exact) mass is 499 g/mol. The Hall–Kier alpha value is -3.96. The van der Waals surface area contributed by atoms with E-state index in [-0.39, 0.29) is 5.88 Å². The van der Waals surface area contributed by atoms with Crippen molar-refractivity contribution >= 4 is 39.4 Å². The molecule has 0 aliphatic heterocycles. The lowest BCUT2D eigenvalue weighted by atomic mass is 10.0. The highest BCUT2D eigenvalue weighted by atomic mass is 35.5. The Labute approximate surface area is 214 Å². The molecule has 2 N–H and O–H groups in total. The highest BCUT2D eigenvalue weighted by Crippen LogP contribution is 2.33. The number of fused-ring (bicyclic) bond motifs is 2. The topological polar surface area (TPSA) is 71.5 Å². The number of H-pyrrole nitrogens is 1. The van der Waals surface area contributed by atoms with Crippen LogP contribution in [0.4, 0.5) is 4.79 Å². The van der Waals surface area contributed by atoms with Gasteiger partial charge < -0.3 is 19.6 Å².